The number of hydrogen-bond acceptors (Lipinski definition) is 6. The van der Waals surface area contributed by atoms with Gasteiger partial charge in [0.1, 0.15) is 4.99 Å². The molecule has 0 N–H and O–H groups in total. The summed E-state index contributed by atoms with van der Waals surface area (Å²) in [6.07, 6.45) is 9.93. The van der Waals surface area contributed by atoms with Gasteiger partial charge >= 0.3 is 0 Å². The Bertz CT molecular complexity index is 1080. The van der Waals surface area contributed by atoms with Crippen molar-refractivity contribution in [3.63, 3.8) is 0 Å². The van der Waals surface area contributed by atoms with E-state index in [2.05, 4.69) is 66.8 Å². The van der Waals surface area contributed by atoms with Gasteiger partial charge in [0.2, 0.25) is 0 Å². The molecule has 2 aromatic rings. The number of nitrogens with zero attached hydrogens (tertiary/aromatic N) is 5. The highest BCUT2D eigenvalue weighted by atomic mass is 32.1. The smallest absolute Gasteiger partial charge is 0.156 e. The number of benzene rings is 1. The highest BCUT2D eigenvalue weighted by Crippen LogP contribution is 2.44. The highest BCUT2D eigenvalue weighted by molar-refractivity contribution is 7.80. The van der Waals surface area contributed by atoms with E-state index in [0.717, 1.165) is 49.8 Å². The Kier molecular flexibility index (Phi) is 6.08. The maximum absolute atomic E-state index is 6.22. The second-order valence-electron chi connectivity index (χ2n) is 10.7. The fourth-order valence-electron chi connectivity index (χ4n) is 5.02. The number of allylic oxidation sites excluding steroid dienone is 1. The Morgan fingerprint density at radius 3 is 2.39 bits per heavy atom. The molecule has 0 spiro atoms. The Balaban J connectivity index is 1.66. The molecule has 2 saturated heterocycles. The molecule has 0 radical (unpaired) electrons. The van der Waals surface area contributed by atoms with Crippen molar-refractivity contribution >= 4 is 50.7 Å². The number of piperidine rings is 1. The third-order valence-electron chi connectivity index (χ3n) is 7.07. The number of thiocarbonyl (C=S) groups is 1. The summed E-state index contributed by atoms with van der Waals surface area (Å²) in [4.78, 5) is 18.4. The standard InChI is InChI=1S/C26H35N5S2/c1-25(2,3)23-28-20-18-21(30-15-13-29(4)14-16-30)19(17-22(20)33-23)26(9-8-10-27-26)24(32)31-11-6-5-7-12-31/h8-10,17-18H,5-7,11-16H2,1-4H3. The monoisotopic (exact) mass is 481 g/mol. The van der Waals surface area contributed by atoms with Crippen molar-refractivity contribution in [1.82, 2.24) is 14.8 Å². The third kappa shape index (κ3) is 4.24. The molecular formula is C26H35N5S2. The number of likely N-dealkylation sites (tertiary alicyclic amines) is 1. The van der Waals surface area contributed by atoms with Crippen molar-refractivity contribution in [2.45, 2.75) is 51.0 Å². The molecule has 0 saturated carbocycles. The molecule has 2 fully saturated rings. The molecule has 0 amide bonds. The Labute approximate surface area is 207 Å². The van der Waals surface area contributed by atoms with Crippen LogP contribution in [0.2, 0.25) is 0 Å². The largest absolute Gasteiger partial charge is 0.369 e. The zero-order valence-electron chi connectivity index (χ0n) is 20.3. The zero-order chi connectivity index (χ0) is 23.2. The second kappa shape index (κ2) is 8.75. The van der Waals surface area contributed by atoms with Crippen LogP contribution in [-0.2, 0) is 11.0 Å². The molecule has 1 aromatic carbocycles. The summed E-state index contributed by atoms with van der Waals surface area (Å²) in [6.45, 7) is 12.9. The van der Waals surface area contributed by atoms with Gasteiger partial charge < -0.3 is 14.7 Å². The predicted molar refractivity (Wildman–Crippen MR) is 145 cm³/mol. The van der Waals surface area contributed by atoms with E-state index in [0.29, 0.717) is 0 Å². The van der Waals surface area contributed by atoms with Gasteiger partial charge in [-0.3, -0.25) is 4.99 Å². The first-order chi connectivity index (χ1) is 15.8. The van der Waals surface area contributed by atoms with Gasteiger partial charge in [0.15, 0.2) is 5.54 Å². The lowest BCUT2D eigenvalue weighted by atomic mass is 9.87. The minimum Gasteiger partial charge on any atom is -0.369 e. The normalized spacial score (nSPS) is 24.2. The fourth-order valence-corrected chi connectivity index (χ4v) is 6.48. The summed E-state index contributed by atoms with van der Waals surface area (Å²) < 4.78 is 1.23. The molecule has 4 heterocycles. The SMILES string of the molecule is CN1CCN(c2cc3nc(C(C)(C)C)sc3cc2C2(C(=S)N3CCCCC3)C=CC=N2)CC1. The van der Waals surface area contributed by atoms with E-state index in [1.54, 1.807) is 0 Å². The maximum atomic E-state index is 6.22. The van der Waals surface area contributed by atoms with E-state index >= 15 is 0 Å². The summed E-state index contributed by atoms with van der Waals surface area (Å²) in [5.74, 6) is 0. The first-order valence-electron chi connectivity index (χ1n) is 12.2. The van der Waals surface area contributed by atoms with E-state index in [1.165, 1.54) is 40.2 Å². The quantitative estimate of drug-likeness (QED) is 0.577. The number of thiazole rings is 1. The summed E-state index contributed by atoms with van der Waals surface area (Å²) >= 11 is 8.03. The number of hydrogen-bond donors (Lipinski definition) is 0. The van der Waals surface area contributed by atoms with Crippen LogP contribution in [0.4, 0.5) is 5.69 Å². The molecule has 176 valence electrons. The van der Waals surface area contributed by atoms with Crippen molar-refractivity contribution in [2.75, 3.05) is 51.2 Å². The number of anilines is 1. The van der Waals surface area contributed by atoms with Crippen LogP contribution in [-0.4, -0.2) is 72.3 Å². The maximum Gasteiger partial charge on any atom is 0.156 e. The number of piperazine rings is 1. The molecule has 5 rings (SSSR count). The number of aliphatic imine (C=N–C) groups is 1. The Hall–Kier alpha value is -1.83. The van der Waals surface area contributed by atoms with Crippen LogP contribution in [0.15, 0.2) is 29.3 Å². The van der Waals surface area contributed by atoms with Gasteiger partial charge in [-0.05, 0) is 50.6 Å². The number of likely N-dealkylation sites (N-methyl/N-ethyl adjacent to an activating group) is 1. The minimum absolute atomic E-state index is 0.0318. The lowest BCUT2D eigenvalue weighted by Gasteiger charge is -2.40. The van der Waals surface area contributed by atoms with Gasteiger partial charge in [0.25, 0.3) is 0 Å². The Morgan fingerprint density at radius 2 is 1.76 bits per heavy atom. The van der Waals surface area contributed by atoms with E-state index < -0.39 is 5.54 Å². The van der Waals surface area contributed by atoms with Crippen LogP contribution < -0.4 is 4.90 Å². The summed E-state index contributed by atoms with van der Waals surface area (Å²) in [7, 11) is 2.20. The molecule has 5 nitrogen and oxygen atoms in total. The predicted octanol–water partition coefficient (Wildman–Crippen LogP) is 4.99. The van der Waals surface area contributed by atoms with Crippen LogP contribution in [0.1, 0.15) is 50.6 Å². The molecule has 1 aromatic heterocycles. The van der Waals surface area contributed by atoms with Crippen LogP contribution in [0.3, 0.4) is 0 Å². The minimum atomic E-state index is -0.606. The first-order valence-corrected chi connectivity index (χ1v) is 13.4. The number of fused-ring (bicyclic) bond motifs is 1. The van der Waals surface area contributed by atoms with E-state index in [1.807, 2.05) is 17.6 Å². The van der Waals surface area contributed by atoms with E-state index in [4.69, 9.17) is 22.2 Å². The molecule has 1 atom stereocenters. The van der Waals surface area contributed by atoms with Crippen LogP contribution >= 0.6 is 23.6 Å². The topological polar surface area (TPSA) is 35.0 Å². The Morgan fingerprint density at radius 1 is 1.03 bits per heavy atom. The average molecular weight is 482 g/mol. The van der Waals surface area contributed by atoms with E-state index in [9.17, 15) is 0 Å². The average Bonchev–Trinajstić information content (AvgIpc) is 3.46. The number of rotatable bonds is 3. The highest BCUT2D eigenvalue weighted by Gasteiger charge is 2.41. The van der Waals surface area contributed by atoms with Gasteiger partial charge in [-0.25, -0.2) is 4.98 Å². The van der Waals surface area contributed by atoms with Gasteiger partial charge in [0.05, 0.1) is 15.2 Å². The van der Waals surface area contributed by atoms with E-state index in [-0.39, 0.29) is 5.41 Å². The van der Waals surface area contributed by atoms with Gasteiger partial charge in [-0.1, -0.05) is 33.0 Å². The third-order valence-corrected chi connectivity index (χ3v) is 9.09. The van der Waals surface area contributed by atoms with Crippen molar-refractivity contribution in [2.24, 2.45) is 4.99 Å². The molecule has 1 unspecified atom stereocenters. The van der Waals surface area contributed by atoms with Gasteiger partial charge in [0, 0.05) is 62.1 Å². The molecule has 0 aliphatic carbocycles. The van der Waals surface area contributed by atoms with Crippen molar-refractivity contribution in [1.29, 1.82) is 0 Å². The van der Waals surface area contributed by atoms with Crippen LogP contribution in [0, 0.1) is 0 Å². The molecule has 3 aliphatic heterocycles. The molecule has 0 bridgehead atoms. The van der Waals surface area contributed by atoms with Crippen LogP contribution in [0.25, 0.3) is 10.2 Å². The molecule has 3 aliphatic rings. The van der Waals surface area contributed by atoms with Gasteiger partial charge in [-0.15, -0.1) is 11.3 Å². The molecule has 33 heavy (non-hydrogen) atoms. The second-order valence-corrected chi connectivity index (χ2v) is 12.1. The lowest BCUT2D eigenvalue weighted by molar-refractivity contribution is 0.312. The lowest BCUT2D eigenvalue weighted by Crippen LogP contribution is -2.48. The fraction of sp³-hybridized carbons (Fsp3) is 0.577. The summed E-state index contributed by atoms with van der Waals surface area (Å²) in [6, 6.07) is 4.66. The van der Waals surface area contributed by atoms with Crippen molar-refractivity contribution in [3.05, 3.63) is 34.9 Å². The first kappa shape index (κ1) is 22.9. The number of aromatic nitrogens is 1. The van der Waals surface area contributed by atoms with Crippen LogP contribution in [0.5, 0.6) is 0 Å². The summed E-state index contributed by atoms with van der Waals surface area (Å²) in [5, 5.41) is 1.18. The summed E-state index contributed by atoms with van der Waals surface area (Å²) in [5.41, 5.74) is 2.97. The van der Waals surface area contributed by atoms with Gasteiger partial charge in [-0.2, -0.15) is 0 Å². The zero-order valence-corrected chi connectivity index (χ0v) is 21.9. The molecule has 7 heteroatoms. The molecular weight excluding hydrogens is 446 g/mol. The van der Waals surface area contributed by atoms with Crippen molar-refractivity contribution < 1.29 is 0 Å². The van der Waals surface area contributed by atoms with Crippen molar-refractivity contribution in [3.8, 4) is 0 Å².